The van der Waals surface area contributed by atoms with Crippen molar-refractivity contribution in [3.8, 4) is 66.8 Å². The Morgan fingerprint density at radius 3 is 1.31 bits per heavy atom. The highest BCUT2D eigenvalue weighted by atomic mass is 16.3. The number of benzene rings is 12. The average Bonchev–Trinajstić information content (AvgIpc) is 3.83. The van der Waals surface area contributed by atoms with Crippen LogP contribution in [0.1, 0.15) is 0 Å². The first-order valence-electron chi connectivity index (χ1n) is 24.0. The van der Waals surface area contributed by atoms with Crippen molar-refractivity contribution in [1.82, 2.24) is 0 Å². The first-order chi connectivity index (χ1) is 34.7. The summed E-state index contributed by atoms with van der Waals surface area (Å²) in [7, 11) is 0. The largest absolute Gasteiger partial charge is 0.455 e. The van der Waals surface area contributed by atoms with E-state index in [4.69, 9.17) is 4.42 Å². The number of fused-ring (bicyclic) bond motifs is 6. The molecule has 1 aromatic heterocycles. The number of nitrogens with zero attached hydrogens (tertiary/aromatic N) is 1. The van der Waals surface area contributed by atoms with Crippen LogP contribution in [0.5, 0.6) is 0 Å². The zero-order chi connectivity index (χ0) is 46.4. The Kier molecular flexibility index (Phi) is 10.2. The fourth-order valence-corrected chi connectivity index (χ4v) is 10.6. The van der Waals surface area contributed by atoms with Crippen LogP contribution in [0.3, 0.4) is 0 Å². The molecule has 0 radical (unpaired) electrons. The summed E-state index contributed by atoms with van der Waals surface area (Å²) in [4.78, 5) is 2.47. The predicted molar refractivity (Wildman–Crippen MR) is 296 cm³/mol. The number of rotatable bonds is 9. The van der Waals surface area contributed by atoms with E-state index in [1.165, 1.54) is 60.5 Å². The Labute approximate surface area is 407 Å². The normalized spacial score (nSPS) is 11.4. The van der Waals surface area contributed by atoms with E-state index in [0.29, 0.717) is 0 Å². The number of hydrogen-bond donors (Lipinski definition) is 0. The summed E-state index contributed by atoms with van der Waals surface area (Å²) in [5.74, 6) is 0. The smallest absolute Gasteiger partial charge is 0.143 e. The second-order valence-electron chi connectivity index (χ2n) is 18.0. The second-order valence-corrected chi connectivity index (χ2v) is 18.0. The van der Waals surface area contributed by atoms with E-state index < -0.39 is 0 Å². The van der Waals surface area contributed by atoms with Crippen LogP contribution in [0.15, 0.2) is 277 Å². The van der Waals surface area contributed by atoms with E-state index in [-0.39, 0.29) is 0 Å². The summed E-state index contributed by atoms with van der Waals surface area (Å²) in [6, 6.07) is 98.7. The molecule has 0 atom stereocenters. The van der Waals surface area contributed by atoms with Gasteiger partial charge in [0.25, 0.3) is 0 Å². The van der Waals surface area contributed by atoms with E-state index >= 15 is 0 Å². The van der Waals surface area contributed by atoms with E-state index in [9.17, 15) is 0 Å². The Morgan fingerprint density at radius 1 is 0.243 bits per heavy atom. The number of para-hydroxylation sites is 2. The van der Waals surface area contributed by atoms with Crippen LogP contribution < -0.4 is 4.90 Å². The molecule has 13 rings (SSSR count). The standard InChI is InChI=1S/C68H45NO/c1-3-17-46(18-4-1)52-21-15-22-53(45-52)66-62-28-11-9-25-59(62)60-26-10-12-29-63(60)67(66)69(55-43-39-51(40-44-55)58-30-16-31-64-61-27-13-14-32-65(61)70-68(58)64)54-41-37-48(38-42-54)47-33-35-50(36-34-47)57-24-8-7-23-56(57)49-19-5-2-6-20-49/h1-45H. The van der Waals surface area contributed by atoms with Crippen molar-refractivity contribution in [3.63, 3.8) is 0 Å². The summed E-state index contributed by atoms with van der Waals surface area (Å²) in [5.41, 5.74) is 19.1. The Balaban J connectivity index is 0.982. The molecule has 0 spiro atoms. The molecule has 0 aliphatic carbocycles. The Hall–Kier alpha value is -9.24. The lowest BCUT2D eigenvalue weighted by molar-refractivity contribution is 0.670. The van der Waals surface area contributed by atoms with Crippen molar-refractivity contribution in [2.75, 3.05) is 4.90 Å². The third kappa shape index (κ3) is 7.22. The van der Waals surface area contributed by atoms with Gasteiger partial charge in [-0.25, -0.2) is 0 Å². The summed E-state index contributed by atoms with van der Waals surface area (Å²) >= 11 is 0. The predicted octanol–water partition coefficient (Wildman–Crippen LogP) is 19.4. The van der Waals surface area contributed by atoms with E-state index in [2.05, 4.69) is 266 Å². The fraction of sp³-hybridized carbons (Fsp3) is 0. The quantitative estimate of drug-likeness (QED) is 0.134. The molecule has 0 amide bonds. The second kappa shape index (κ2) is 17.4. The monoisotopic (exact) mass is 891 g/mol. The molecule has 1 heterocycles. The van der Waals surface area contributed by atoms with Crippen molar-refractivity contribution < 1.29 is 4.42 Å². The minimum Gasteiger partial charge on any atom is -0.455 e. The fourth-order valence-electron chi connectivity index (χ4n) is 10.6. The van der Waals surface area contributed by atoms with Crippen LogP contribution in [-0.4, -0.2) is 0 Å². The van der Waals surface area contributed by atoms with Gasteiger partial charge in [0.1, 0.15) is 11.2 Å². The molecule has 328 valence electrons. The van der Waals surface area contributed by atoms with Crippen LogP contribution >= 0.6 is 0 Å². The Bertz CT molecular complexity index is 4020. The minimum absolute atomic E-state index is 0.896. The van der Waals surface area contributed by atoms with Gasteiger partial charge in [-0.2, -0.15) is 0 Å². The zero-order valence-electron chi connectivity index (χ0n) is 38.3. The lowest BCUT2D eigenvalue weighted by Crippen LogP contribution is -2.12. The third-order valence-corrected chi connectivity index (χ3v) is 13.9. The highest BCUT2D eigenvalue weighted by Gasteiger charge is 2.24. The van der Waals surface area contributed by atoms with Crippen molar-refractivity contribution in [2.45, 2.75) is 0 Å². The van der Waals surface area contributed by atoms with Crippen molar-refractivity contribution in [1.29, 1.82) is 0 Å². The molecular weight excluding hydrogens is 847 g/mol. The highest BCUT2D eigenvalue weighted by Crippen LogP contribution is 2.50. The van der Waals surface area contributed by atoms with Gasteiger partial charge >= 0.3 is 0 Å². The third-order valence-electron chi connectivity index (χ3n) is 13.9. The van der Waals surface area contributed by atoms with Gasteiger partial charge in [-0.05, 0) is 108 Å². The summed E-state index contributed by atoms with van der Waals surface area (Å²) in [6.07, 6.45) is 0. The maximum atomic E-state index is 6.54. The van der Waals surface area contributed by atoms with E-state index in [1.54, 1.807) is 0 Å². The van der Waals surface area contributed by atoms with Gasteiger partial charge in [0.05, 0.1) is 5.69 Å². The molecule has 0 N–H and O–H groups in total. The molecule has 13 aromatic rings. The summed E-state index contributed by atoms with van der Waals surface area (Å²) < 4.78 is 6.54. The molecule has 2 nitrogen and oxygen atoms in total. The van der Waals surface area contributed by atoms with Crippen molar-refractivity contribution in [3.05, 3.63) is 273 Å². The van der Waals surface area contributed by atoms with Crippen molar-refractivity contribution in [2.24, 2.45) is 0 Å². The first kappa shape index (κ1) is 41.0. The maximum absolute atomic E-state index is 6.54. The van der Waals surface area contributed by atoms with Gasteiger partial charge in [0.2, 0.25) is 0 Å². The van der Waals surface area contributed by atoms with E-state index in [1.807, 2.05) is 12.1 Å². The highest BCUT2D eigenvalue weighted by molar-refractivity contribution is 6.22. The molecule has 0 unspecified atom stereocenters. The number of furan rings is 1. The van der Waals surface area contributed by atoms with Gasteiger partial charge in [-0.1, -0.05) is 237 Å². The molecule has 70 heavy (non-hydrogen) atoms. The van der Waals surface area contributed by atoms with Gasteiger partial charge < -0.3 is 9.32 Å². The SMILES string of the molecule is c1ccc(-c2cccc(-c3c(N(c4ccc(-c5ccc(-c6ccccc6-c6ccccc6)cc5)cc4)c4ccc(-c5cccc6c5oc5ccccc56)cc4)c4ccccc4c4ccccc34)c2)cc1. The van der Waals surface area contributed by atoms with Gasteiger partial charge in [0, 0.05) is 38.7 Å². The maximum Gasteiger partial charge on any atom is 0.143 e. The van der Waals surface area contributed by atoms with Crippen LogP contribution in [0.2, 0.25) is 0 Å². The molecule has 0 saturated carbocycles. The lowest BCUT2D eigenvalue weighted by Gasteiger charge is -2.31. The van der Waals surface area contributed by atoms with Crippen LogP contribution in [-0.2, 0) is 0 Å². The van der Waals surface area contributed by atoms with Crippen LogP contribution in [0.4, 0.5) is 17.1 Å². The van der Waals surface area contributed by atoms with Crippen LogP contribution in [0, 0.1) is 0 Å². The minimum atomic E-state index is 0.896. The van der Waals surface area contributed by atoms with Crippen molar-refractivity contribution >= 4 is 60.5 Å². The zero-order valence-corrected chi connectivity index (χ0v) is 38.3. The average molecular weight is 892 g/mol. The molecule has 2 heteroatoms. The van der Waals surface area contributed by atoms with Gasteiger partial charge in [0.15, 0.2) is 0 Å². The number of hydrogen-bond acceptors (Lipinski definition) is 2. The molecule has 0 aliphatic rings. The molecule has 12 aromatic carbocycles. The van der Waals surface area contributed by atoms with Gasteiger partial charge in [-0.3, -0.25) is 0 Å². The number of anilines is 3. The molecule has 0 aliphatic heterocycles. The molecule has 0 bridgehead atoms. The summed E-state index contributed by atoms with van der Waals surface area (Å²) in [5, 5.41) is 7.05. The lowest BCUT2D eigenvalue weighted by atomic mass is 9.88. The topological polar surface area (TPSA) is 16.4 Å². The first-order valence-corrected chi connectivity index (χ1v) is 24.0. The molecule has 0 saturated heterocycles. The van der Waals surface area contributed by atoms with Gasteiger partial charge in [-0.15, -0.1) is 0 Å². The van der Waals surface area contributed by atoms with E-state index in [0.717, 1.165) is 66.8 Å². The van der Waals surface area contributed by atoms with Crippen LogP contribution in [0.25, 0.3) is 110 Å². The molecule has 0 fully saturated rings. The Morgan fingerprint density at radius 2 is 0.643 bits per heavy atom. The molecular formula is C68H45NO. The summed E-state index contributed by atoms with van der Waals surface area (Å²) in [6.45, 7) is 0.